The average molecular weight is 415 g/mol. The lowest BCUT2D eigenvalue weighted by molar-refractivity contribution is 0.358. The molecule has 1 saturated carbocycles. The highest BCUT2D eigenvalue weighted by atomic mass is 35.5. The molecular weight excluding hydrogens is 396 g/mol. The quantitative estimate of drug-likeness (QED) is 0.361. The normalized spacial score (nSPS) is 24.9. The van der Waals surface area contributed by atoms with E-state index in [1.54, 1.807) is 0 Å². The monoisotopic (exact) mass is 413 g/mol. The first-order chi connectivity index (χ1) is 9.70. The standard InChI is InChI=1S/C12H19Cl4NO2S2/c1-2-3-6-9-7-4-5-8-10(9)21(18,19)17-20-12(15,16)11(13)14/h2-3,9-11,17H,4-8H2,1H3. The molecule has 1 aliphatic carbocycles. The molecule has 1 fully saturated rings. The molecule has 2 atom stereocenters. The highest BCUT2D eigenvalue weighted by molar-refractivity contribution is 8.11. The van der Waals surface area contributed by atoms with Crippen LogP contribution in [0.3, 0.4) is 0 Å². The molecule has 0 amide bonds. The summed E-state index contributed by atoms with van der Waals surface area (Å²) in [7, 11) is -3.54. The van der Waals surface area contributed by atoms with Gasteiger partial charge in [-0.25, -0.2) is 8.42 Å². The Labute approximate surface area is 151 Å². The lowest BCUT2D eigenvalue weighted by atomic mass is 9.86. The van der Waals surface area contributed by atoms with E-state index in [0.717, 1.165) is 25.7 Å². The van der Waals surface area contributed by atoms with E-state index in [-0.39, 0.29) is 5.92 Å². The van der Waals surface area contributed by atoms with Crippen LogP contribution in [0, 0.1) is 5.92 Å². The minimum Gasteiger partial charge on any atom is -0.211 e. The Balaban J connectivity index is 2.74. The minimum absolute atomic E-state index is 0.107. The van der Waals surface area contributed by atoms with E-state index in [0.29, 0.717) is 18.4 Å². The second-order valence-corrected chi connectivity index (χ2v) is 11.1. The Kier molecular flexibility index (Phi) is 8.52. The second-order valence-electron chi connectivity index (χ2n) is 4.98. The molecule has 1 N–H and O–H groups in total. The molecule has 21 heavy (non-hydrogen) atoms. The summed E-state index contributed by atoms with van der Waals surface area (Å²) in [5.41, 5.74) is 0. The molecule has 0 radical (unpaired) electrons. The Morgan fingerprint density at radius 1 is 1.33 bits per heavy atom. The molecule has 1 aliphatic rings. The molecule has 0 spiro atoms. The molecular formula is C12H19Cl4NO2S2. The number of halogens is 4. The zero-order chi connectivity index (χ0) is 16.1. The van der Waals surface area contributed by atoms with E-state index < -0.39 is 23.8 Å². The van der Waals surface area contributed by atoms with Crippen molar-refractivity contribution in [3.8, 4) is 0 Å². The van der Waals surface area contributed by atoms with Gasteiger partial charge in [0.1, 0.15) is 0 Å². The van der Waals surface area contributed by atoms with Crippen LogP contribution in [0.4, 0.5) is 0 Å². The van der Waals surface area contributed by atoms with Crippen molar-refractivity contribution in [3.63, 3.8) is 0 Å². The summed E-state index contributed by atoms with van der Waals surface area (Å²) in [6, 6.07) is 0. The summed E-state index contributed by atoms with van der Waals surface area (Å²) in [4.78, 5) is -1.11. The van der Waals surface area contributed by atoms with Crippen molar-refractivity contribution < 1.29 is 8.42 Å². The number of hydrogen-bond acceptors (Lipinski definition) is 3. The van der Waals surface area contributed by atoms with Crippen LogP contribution >= 0.6 is 58.4 Å². The summed E-state index contributed by atoms with van der Waals surface area (Å²) in [5, 5.41) is -0.441. The Morgan fingerprint density at radius 2 is 1.95 bits per heavy atom. The zero-order valence-corrected chi connectivity index (χ0v) is 16.2. The predicted octanol–water partition coefficient (Wildman–Crippen LogP) is 5.01. The van der Waals surface area contributed by atoms with E-state index in [4.69, 9.17) is 46.4 Å². The topological polar surface area (TPSA) is 46.2 Å². The Morgan fingerprint density at radius 3 is 2.52 bits per heavy atom. The van der Waals surface area contributed by atoms with Crippen molar-refractivity contribution in [3.05, 3.63) is 12.2 Å². The fourth-order valence-electron chi connectivity index (χ4n) is 2.38. The average Bonchev–Trinajstić information content (AvgIpc) is 2.43. The summed E-state index contributed by atoms with van der Waals surface area (Å²) in [6.07, 6.45) is 8.21. The van der Waals surface area contributed by atoms with Crippen molar-refractivity contribution in [2.24, 2.45) is 5.92 Å². The summed E-state index contributed by atoms with van der Waals surface area (Å²) < 4.78 is 25.7. The molecule has 0 aromatic carbocycles. The van der Waals surface area contributed by atoms with Gasteiger partial charge in [-0.3, -0.25) is 0 Å². The van der Waals surface area contributed by atoms with E-state index in [1.807, 2.05) is 19.1 Å². The highest BCUT2D eigenvalue weighted by Crippen LogP contribution is 2.42. The molecule has 3 nitrogen and oxygen atoms in total. The molecule has 0 aromatic heterocycles. The molecule has 1 rings (SSSR count). The maximum atomic E-state index is 12.5. The van der Waals surface area contributed by atoms with Crippen LogP contribution in [-0.4, -0.2) is 22.2 Å². The Bertz CT molecular complexity index is 454. The summed E-state index contributed by atoms with van der Waals surface area (Å²) in [6.45, 7) is 1.93. The van der Waals surface area contributed by atoms with Gasteiger partial charge in [0.05, 0.1) is 5.25 Å². The maximum Gasteiger partial charge on any atom is 0.224 e. The third-order valence-electron chi connectivity index (χ3n) is 3.46. The van der Waals surface area contributed by atoms with Crippen LogP contribution in [0.25, 0.3) is 0 Å². The molecule has 124 valence electrons. The van der Waals surface area contributed by atoms with Gasteiger partial charge in [0.15, 0.2) is 4.84 Å². The molecule has 0 aromatic rings. The molecule has 0 heterocycles. The summed E-state index contributed by atoms with van der Waals surface area (Å²) in [5.74, 6) is 0.107. The Hall–Kier alpha value is 1.16. The SMILES string of the molecule is CC=CCC1CCCCC1S(=O)(=O)NSC(Cl)(Cl)C(Cl)Cl. The van der Waals surface area contributed by atoms with Crippen molar-refractivity contribution in [2.75, 3.05) is 0 Å². The van der Waals surface area contributed by atoms with Gasteiger partial charge in [-0.15, -0.1) is 23.2 Å². The first-order valence-corrected chi connectivity index (χ1v) is 10.7. The highest BCUT2D eigenvalue weighted by Gasteiger charge is 2.39. The zero-order valence-electron chi connectivity index (χ0n) is 11.6. The third-order valence-corrected chi connectivity index (χ3v) is 8.91. The number of sulfonamides is 1. The minimum atomic E-state index is -3.54. The predicted molar refractivity (Wildman–Crippen MR) is 94.8 cm³/mol. The van der Waals surface area contributed by atoms with Gasteiger partial charge in [0, 0.05) is 0 Å². The number of hydrogen-bond donors (Lipinski definition) is 1. The summed E-state index contributed by atoms with van der Waals surface area (Å²) >= 11 is 23.6. The first-order valence-electron chi connectivity index (χ1n) is 6.66. The molecule has 9 heteroatoms. The first kappa shape index (κ1) is 20.2. The smallest absolute Gasteiger partial charge is 0.211 e. The van der Waals surface area contributed by atoms with Crippen LogP contribution in [0.1, 0.15) is 39.0 Å². The van der Waals surface area contributed by atoms with E-state index >= 15 is 0 Å². The molecule has 2 unspecified atom stereocenters. The lowest BCUT2D eigenvalue weighted by Gasteiger charge is -2.31. The van der Waals surface area contributed by atoms with Crippen molar-refractivity contribution in [1.82, 2.24) is 4.13 Å². The van der Waals surface area contributed by atoms with Crippen molar-refractivity contribution in [1.29, 1.82) is 0 Å². The molecule has 0 saturated heterocycles. The van der Waals surface area contributed by atoms with Gasteiger partial charge < -0.3 is 0 Å². The van der Waals surface area contributed by atoms with Gasteiger partial charge in [-0.1, -0.05) is 48.2 Å². The lowest BCUT2D eigenvalue weighted by Crippen LogP contribution is -2.40. The fourth-order valence-corrected chi connectivity index (χ4v) is 5.94. The number of allylic oxidation sites excluding steroid dienone is 2. The van der Waals surface area contributed by atoms with Gasteiger partial charge in [0.25, 0.3) is 0 Å². The van der Waals surface area contributed by atoms with Gasteiger partial charge in [-0.05, 0) is 44.1 Å². The maximum absolute atomic E-state index is 12.5. The van der Waals surface area contributed by atoms with Crippen LogP contribution in [-0.2, 0) is 10.0 Å². The van der Waals surface area contributed by atoms with Crippen LogP contribution in [0.5, 0.6) is 0 Å². The van der Waals surface area contributed by atoms with Gasteiger partial charge in [-0.2, -0.15) is 4.13 Å². The third kappa shape index (κ3) is 6.28. The van der Waals surface area contributed by atoms with Crippen LogP contribution < -0.4 is 4.13 Å². The van der Waals surface area contributed by atoms with E-state index in [1.165, 1.54) is 0 Å². The molecule has 0 bridgehead atoms. The van der Waals surface area contributed by atoms with Crippen molar-refractivity contribution in [2.45, 2.75) is 52.8 Å². The molecule has 0 aliphatic heterocycles. The fraction of sp³-hybridized carbons (Fsp3) is 0.833. The van der Waals surface area contributed by atoms with Gasteiger partial charge >= 0.3 is 0 Å². The largest absolute Gasteiger partial charge is 0.224 e. The second kappa shape index (κ2) is 8.86. The number of nitrogens with one attached hydrogen (secondary N) is 1. The number of alkyl halides is 4. The van der Waals surface area contributed by atoms with Gasteiger partial charge in [0.2, 0.25) is 13.7 Å². The van der Waals surface area contributed by atoms with E-state index in [9.17, 15) is 8.42 Å². The van der Waals surface area contributed by atoms with E-state index in [2.05, 4.69) is 4.13 Å². The van der Waals surface area contributed by atoms with Crippen LogP contribution in [0.15, 0.2) is 12.2 Å². The van der Waals surface area contributed by atoms with Crippen LogP contribution in [0.2, 0.25) is 0 Å². The van der Waals surface area contributed by atoms with Crippen molar-refractivity contribution >= 4 is 68.4 Å². The number of rotatable bonds is 7.